The molecule has 34 heavy (non-hydrogen) atoms. The van der Waals surface area contributed by atoms with Crippen LogP contribution in [0, 0.1) is 11.8 Å². The summed E-state index contributed by atoms with van der Waals surface area (Å²) >= 11 is 0. The van der Waals surface area contributed by atoms with E-state index in [1.807, 2.05) is 13.8 Å². The Morgan fingerprint density at radius 1 is 0.882 bits per heavy atom. The number of unbranched alkanes of at least 4 members (excludes halogenated alkanes) is 1. The largest absolute Gasteiger partial charge is 0.391 e. The van der Waals surface area contributed by atoms with Crippen molar-refractivity contribution >= 4 is 29.5 Å². The third-order valence-electron chi connectivity index (χ3n) is 5.10. The van der Waals surface area contributed by atoms with Crippen LogP contribution in [-0.2, 0) is 24.0 Å². The average Bonchev–Trinajstić information content (AvgIpc) is 2.74. The van der Waals surface area contributed by atoms with Gasteiger partial charge in [-0.15, -0.1) is 0 Å². The number of nitrogens with one attached hydrogen (secondary N) is 4. The zero-order valence-electron chi connectivity index (χ0n) is 20.3. The van der Waals surface area contributed by atoms with Crippen molar-refractivity contribution in [2.24, 2.45) is 23.3 Å². The number of hydrogen-bond donors (Lipinski definition) is 8. The van der Waals surface area contributed by atoms with E-state index in [1.165, 1.54) is 19.3 Å². The normalized spacial score (nSPS) is 15.4. The van der Waals surface area contributed by atoms with Gasteiger partial charge in [0.1, 0.15) is 18.1 Å². The fourth-order valence-electron chi connectivity index (χ4n) is 3.24. The zero-order valence-corrected chi connectivity index (χ0v) is 20.3. The van der Waals surface area contributed by atoms with E-state index in [4.69, 9.17) is 16.7 Å². The van der Waals surface area contributed by atoms with Crippen molar-refractivity contribution in [3.63, 3.8) is 0 Å². The highest BCUT2D eigenvalue weighted by Gasteiger charge is 2.31. The topological polar surface area (TPSA) is 226 Å². The third-order valence-corrected chi connectivity index (χ3v) is 5.10. The summed E-state index contributed by atoms with van der Waals surface area (Å²) in [7, 11) is 0. The maximum absolute atomic E-state index is 12.6. The molecule has 0 aliphatic heterocycles. The second kappa shape index (κ2) is 16.0. The van der Waals surface area contributed by atoms with Gasteiger partial charge in [0, 0.05) is 12.3 Å². The molecule has 0 aliphatic rings. The van der Waals surface area contributed by atoms with Crippen molar-refractivity contribution in [2.75, 3.05) is 6.54 Å². The van der Waals surface area contributed by atoms with Gasteiger partial charge in [-0.3, -0.25) is 29.2 Å². The predicted octanol–water partition coefficient (Wildman–Crippen LogP) is -1.99. The van der Waals surface area contributed by atoms with Gasteiger partial charge < -0.3 is 32.5 Å². The van der Waals surface area contributed by atoms with Crippen LogP contribution in [0.2, 0.25) is 0 Å². The van der Waals surface area contributed by atoms with Gasteiger partial charge in [-0.2, -0.15) is 0 Å². The van der Waals surface area contributed by atoms with Gasteiger partial charge in [-0.25, -0.2) is 5.48 Å². The quantitative estimate of drug-likeness (QED) is 0.0687. The standard InChI is InChI=1S/C21H40N6O7/c1-11(2)9-14(10-16(29)27-34)20(32)24-12(3)19(31)26-17(13(4)28)21(33)25-15(18(23)30)7-5-6-8-22/h11-15,17,28,34H,5-10,22H2,1-4H3,(H2,23,30)(H,24,32)(H,25,33)(H,26,31)(H,27,29)/t12-,13+,14+,15-,17-/m0/s1. The molecule has 0 bridgehead atoms. The van der Waals surface area contributed by atoms with Gasteiger partial charge in [-0.05, 0) is 52.0 Å². The van der Waals surface area contributed by atoms with Crippen LogP contribution in [0.1, 0.15) is 59.8 Å². The Kier molecular flexibility index (Phi) is 14.7. The van der Waals surface area contributed by atoms with Crippen LogP contribution in [0.4, 0.5) is 0 Å². The first kappa shape index (κ1) is 31.2. The molecule has 0 aromatic rings. The van der Waals surface area contributed by atoms with Crippen molar-refractivity contribution < 1.29 is 34.3 Å². The van der Waals surface area contributed by atoms with E-state index in [1.54, 1.807) is 0 Å². The van der Waals surface area contributed by atoms with Crippen LogP contribution < -0.4 is 32.9 Å². The maximum Gasteiger partial charge on any atom is 0.245 e. The summed E-state index contributed by atoms with van der Waals surface area (Å²) < 4.78 is 0. The van der Waals surface area contributed by atoms with Crippen molar-refractivity contribution in [1.29, 1.82) is 0 Å². The molecular formula is C21H40N6O7. The van der Waals surface area contributed by atoms with Gasteiger partial charge in [0.15, 0.2) is 0 Å². The monoisotopic (exact) mass is 488 g/mol. The number of primary amides is 1. The molecule has 5 amide bonds. The molecule has 13 heteroatoms. The summed E-state index contributed by atoms with van der Waals surface area (Å²) in [6, 6.07) is -3.51. The van der Waals surface area contributed by atoms with Gasteiger partial charge >= 0.3 is 0 Å². The van der Waals surface area contributed by atoms with Crippen molar-refractivity contribution in [1.82, 2.24) is 21.4 Å². The molecule has 0 saturated heterocycles. The lowest BCUT2D eigenvalue weighted by atomic mass is 9.93. The van der Waals surface area contributed by atoms with Gasteiger partial charge in [0.25, 0.3) is 0 Å². The Morgan fingerprint density at radius 2 is 1.50 bits per heavy atom. The Bertz CT molecular complexity index is 701. The molecule has 10 N–H and O–H groups in total. The van der Waals surface area contributed by atoms with Crippen LogP contribution in [-0.4, -0.2) is 70.6 Å². The maximum atomic E-state index is 12.6. The van der Waals surface area contributed by atoms with Crippen molar-refractivity contribution in [3.8, 4) is 0 Å². The fraction of sp³-hybridized carbons (Fsp3) is 0.762. The molecule has 0 rings (SSSR count). The molecule has 0 saturated carbocycles. The molecule has 196 valence electrons. The van der Waals surface area contributed by atoms with Crippen molar-refractivity contribution in [3.05, 3.63) is 0 Å². The van der Waals surface area contributed by atoms with Gasteiger partial charge in [-0.1, -0.05) is 13.8 Å². The predicted molar refractivity (Wildman–Crippen MR) is 123 cm³/mol. The Hall–Kier alpha value is -2.77. The van der Waals surface area contributed by atoms with Crippen molar-refractivity contribution in [2.45, 2.75) is 84.0 Å². The first-order valence-corrected chi connectivity index (χ1v) is 11.3. The zero-order chi connectivity index (χ0) is 26.4. The first-order valence-electron chi connectivity index (χ1n) is 11.3. The highest BCUT2D eigenvalue weighted by atomic mass is 16.5. The number of aliphatic hydroxyl groups excluding tert-OH is 1. The summed E-state index contributed by atoms with van der Waals surface area (Å²) in [6.07, 6.45) is 0.184. The van der Waals surface area contributed by atoms with Gasteiger partial charge in [0.05, 0.1) is 6.10 Å². The number of carbonyl (C=O) groups is 5. The molecule has 0 radical (unpaired) electrons. The highest BCUT2D eigenvalue weighted by Crippen LogP contribution is 2.16. The molecule has 13 nitrogen and oxygen atoms in total. The summed E-state index contributed by atoms with van der Waals surface area (Å²) in [5.41, 5.74) is 12.2. The summed E-state index contributed by atoms with van der Waals surface area (Å²) in [6.45, 7) is 6.79. The Labute approximate surface area is 199 Å². The Balaban J connectivity index is 5.18. The number of nitrogens with two attached hydrogens (primary N) is 2. The fourth-order valence-corrected chi connectivity index (χ4v) is 3.24. The van der Waals surface area contributed by atoms with E-state index in [0.717, 1.165) is 0 Å². The smallest absolute Gasteiger partial charge is 0.245 e. The van der Waals surface area contributed by atoms with Crippen LogP contribution in [0.3, 0.4) is 0 Å². The Morgan fingerprint density at radius 3 is 1.97 bits per heavy atom. The number of carbonyl (C=O) groups excluding carboxylic acids is 5. The molecule has 0 fully saturated rings. The van der Waals surface area contributed by atoms with Crippen LogP contribution in [0.15, 0.2) is 0 Å². The third kappa shape index (κ3) is 11.9. The van der Waals surface area contributed by atoms with E-state index in [2.05, 4.69) is 16.0 Å². The van der Waals surface area contributed by atoms with Crippen LogP contribution >= 0.6 is 0 Å². The lowest BCUT2D eigenvalue weighted by molar-refractivity contribution is -0.137. The lowest BCUT2D eigenvalue weighted by Gasteiger charge is -2.26. The SMILES string of the molecule is CC(C)C[C@H](CC(=O)NO)C(=O)N[C@@H](C)C(=O)N[C@H](C(=O)N[C@@H](CCCCN)C(N)=O)[C@@H](C)O. The van der Waals surface area contributed by atoms with E-state index in [-0.39, 0.29) is 18.8 Å². The summed E-state index contributed by atoms with van der Waals surface area (Å²) in [4.78, 5) is 61.0. The molecule has 0 heterocycles. The first-order chi connectivity index (χ1) is 15.8. The highest BCUT2D eigenvalue weighted by molar-refractivity contribution is 5.94. The number of rotatable bonds is 16. The van der Waals surface area contributed by atoms with E-state index < -0.39 is 59.7 Å². The second-order valence-corrected chi connectivity index (χ2v) is 8.77. The lowest BCUT2D eigenvalue weighted by Crippen LogP contribution is -2.59. The van der Waals surface area contributed by atoms with Crippen LogP contribution in [0.5, 0.6) is 0 Å². The van der Waals surface area contributed by atoms with E-state index >= 15 is 0 Å². The molecule has 5 atom stereocenters. The molecular weight excluding hydrogens is 448 g/mol. The molecule has 0 unspecified atom stereocenters. The van der Waals surface area contributed by atoms with E-state index in [9.17, 15) is 29.1 Å². The van der Waals surface area contributed by atoms with E-state index in [0.29, 0.717) is 25.8 Å². The molecule has 0 aliphatic carbocycles. The average molecular weight is 489 g/mol. The number of amides is 5. The minimum atomic E-state index is -1.41. The minimum Gasteiger partial charge on any atom is -0.391 e. The molecule has 0 aromatic carbocycles. The minimum absolute atomic E-state index is 0.0674. The summed E-state index contributed by atoms with van der Waals surface area (Å²) in [5, 5.41) is 26.0. The molecule has 0 aromatic heterocycles. The molecule has 0 spiro atoms. The van der Waals surface area contributed by atoms with Crippen LogP contribution in [0.25, 0.3) is 0 Å². The second-order valence-electron chi connectivity index (χ2n) is 8.77. The number of hydroxylamine groups is 1. The summed E-state index contributed by atoms with van der Waals surface area (Å²) in [5.74, 6) is -4.37. The number of hydrogen-bond acceptors (Lipinski definition) is 8. The number of aliphatic hydroxyl groups is 1. The van der Waals surface area contributed by atoms with Gasteiger partial charge in [0.2, 0.25) is 29.5 Å².